The number of nitrogens with one attached hydrogen (secondary N) is 1. The molecule has 0 bridgehead atoms. The van der Waals surface area contributed by atoms with Crippen LogP contribution in [0.1, 0.15) is 35.8 Å². The number of benzene rings is 1. The molecule has 2 aromatic rings. The lowest BCUT2D eigenvalue weighted by atomic mass is 9.84. The Bertz CT molecular complexity index is 797. The van der Waals surface area contributed by atoms with Crippen LogP contribution in [-0.2, 0) is 16.6 Å². The van der Waals surface area contributed by atoms with Crippen LogP contribution in [0.3, 0.4) is 0 Å². The van der Waals surface area contributed by atoms with Gasteiger partial charge < -0.3 is 10.2 Å². The summed E-state index contributed by atoms with van der Waals surface area (Å²) in [5.41, 5.74) is 3.46. The van der Waals surface area contributed by atoms with E-state index in [1.165, 1.54) is 0 Å². The van der Waals surface area contributed by atoms with Crippen molar-refractivity contribution >= 4 is 17.5 Å². The molecule has 0 unspecified atom stereocenters. The smallest absolute Gasteiger partial charge is 0.230 e. The molecule has 1 aromatic carbocycles. The molecule has 1 saturated heterocycles. The number of amides is 2. The first-order chi connectivity index (χ1) is 11.9. The van der Waals surface area contributed by atoms with Crippen molar-refractivity contribution in [3.8, 4) is 0 Å². The fourth-order valence-electron chi connectivity index (χ4n) is 3.59. The highest BCUT2D eigenvalue weighted by atomic mass is 16.2. The predicted molar refractivity (Wildman–Crippen MR) is 96.0 cm³/mol. The fraction of sp³-hybridized carbons (Fsp3) is 0.421. The minimum atomic E-state index is -0.288. The van der Waals surface area contributed by atoms with E-state index in [1.54, 1.807) is 16.6 Å². The normalized spacial score (nSPS) is 20.6. The Morgan fingerprint density at radius 3 is 2.48 bits per heavy atom. The van der Waals surface area contributed by atoms with Crippen molar-refractivity contribution in [2.45, 2.75) is 32.7 Å². The van der Waals surface area contributed by atoms with Gasteiger partial charge in [-0.25, -0.2) is 0 Å². The van der Waals surface area contributed by atoms with Gasteiger partial charge in [-0.1, -0.05) is 30.3 Å². The van der Waals surface area contributed by atoms with Crippen molar-refractivity contribution in [2.24, 2.45) is 13.0 Å². The van der Waals surface area contributed by atoms with Crippen LogP contribution in [0.15, 0.2) is 30.3 Å². The van der Waals surface area contributed by atoms with Crippen LogP contribution >= 0.6 is 0 Å². The molecule has 1 aliphatic rings. The van der Waals surface area contributed by atoms with Gasteiger partial charge in [0.25, 0.3) is 0 Å². The molecule has 1 aromatic heterocycles. The monoisotopic (exact) mass is 340 g/mol. The summed E-state index contributed by atoms with van der Waals surface area (Å²) in [6.45, 7) is 3.81. The van der Waals surface area contributed by atoms with Crippen LogP contribution in [0.2, 0.25) is 0 Å². The van der Waals surface area contributed by atoms with Crippen LogP contribution in [0, 0.1) is 19.8 Å². The minimum absolute atomic E-state index is 0.0626. The molecule has 1 aliphatic heterocycles. The van der Waals surface area contributed by atoms with Crippen LogP contribution in [0.4, 0.5) is 5.69 Å². The number of nitrogens with zero attached hydrogens (tertiary/aromatic N) is 3. The Labute approximate surface area is 147 Å². The summed E-state index contributed by atoms with van der Waals surface area (Å²) in [6, 6.07) is 9.51. The summed E-state index contributed by atoms with van der Waals surface area (Å²) < 4.78 is 1.76. The van der Waals surface area contributed by atoms with Gasteiger partial charge >= 0.3 is 0 Å². The Kier molecular flexibility index (Phi) is 4.61. The molecule has 2 atom stereocenters. The number of piperidine rings is 1. The van der Waals surface area contributed by atoms with Crippen molar-refractivity contribution in [1.29, 1.82) is 0 Å². The summed E-state index contributed by atoms with van der Waals surface area (Å²) in [4.78, 5) is 26.9. The average molecular weight is 340 g/mol. The van der Waals surface area contributed by atoms with E-state index in [-0.39, 0.29) is 23.8 Å². The van der Waals surface area contributed by atoms with Crippen molar-refractivity contribution < 1.29 is 9.59 Å². The molecular weight excluding hydrogens is 316 g/mol. The van der Waals surface area contributed by atoms with E-state index in [1.807, 2.05) is 51.2 Å². The SMILES string of the molecule is Cc1nn(C)c(C)c1NC(=O)[C@@H]1CCC(=O)N(C)[C@H]1c1ccccc1. The molecule has 6 nitrogen and oxygen atoms in total. The van der Waals surface area contributed by atoms with Gasteiger partial charge in [-0.3, -0.25) is 14.3 Å². The number of likely N-dealkylation sites (tertiary alicyclic amines) is 1. The van der Waals surface area contributed by atoms with Gasteiger partial charge in [0.1, 0.15) is 0 Å². The van der Waals surface area contributed by atoms with Gasteiger partial charge in [-0.15, -0.1) is 0 Å². The Morgan fingerprint density at radius 2 is 1.88 bits per heavy atom. The third kappa shape index (κ3) is 3.16. The maximum absolute atomic E-state index is 13.0. The van der Waals surface area contributed by atoms with E-state index in [9.17, 15) is 9.59 Å². The zero-order valence-corrected chi connectivity index (χ0v) is 15.1. The quantitative estimate of drug-likeness (QED) is 0.934. The first kappa shape index (κ1) is 17.2. The number of anilines is 1. The van der Waals surface area contributed by atoms with Crippen LogP contribution in [0.25, 0.3) is 0 Å². The number of aromatic nitrogens is 2. The number of carbonyl (C=O) groups is 2. The molecule has 0 saturated carbocycles. The van der Waals surface area contributed by atoms with Crippen molar-refractivity contribution in [1.82, 2.24) is 14.7 Å². The van der Waals surface area contributed by atoms with Gasteiger partial charge in [-0.2, -0.15) is 5.10 Å². The zero-order chi connectivity index (χ0) is 18.1. The molecular formula is C19H24N4O2. The lowest BCUT2D eigenvalue weighted by molar-refractivity contribution is -0.140. The van der Waals surface area contributed by atoms with E-state index in [0.717, 1.165) is 22.6 Å². The highest BCUT2D eigenvalue weighted by Crippen LogP contribution is 2.36. The second-order valence-corrected chi connectivity index (χ2v) is 6.66. The molecule has 1 N–H and O–H groups in total. The number of rotatable bonds is 3. The molecule has 2 amide bonds. The second kappa shape index (κ2) is 6.70. The second-order valence-electron chi connectivity index (χ2n) is 6.66. The lowest BCUT2D eigenvalue weighted by Crippen LogP contribution is -2.44. The van der Waals surface area contributed by atoms with Gasteiger partial charge in [0.15, 0.2) is 0 Å². The number of hydrogen-bond donors (Lipinski definition) is 1. The maximum atomic E-state index is 13.0. The highest BCUT2D eigenvalue weighted by Gasteiger charge is 2.39. The van der Waals surface area contributed by atoms with Gasteiger partial charge in [-0.05, 0) is 25.8 Å². The van der Waals surface area contributed by atoms with Crippen molar-refractivity contribution in [2.75, 3.05) is 12.4 Å². The van der Waals surface area contributed by atoms with Crippen LogP contribution in [0.5, 0.6) is 0 Å². The number of carbonyl (C=O) groups excluding carboxylic acids is 2. The van der Waals surface area contributed by atoms with Crippen LogP contribution < -0.4 is 5.32 Å². The topological polar surface area (TPSA) is 67.2 Å². The molecule has 25 heavy (non-hydrogen) atoms. The number of hydrogen-bond acceptors (Lipinski definition) is 3. The van der Waals surface area contributed by atoms with Crippen molar-refractivity contribution in [3.63, 3.8) is 0 Å². The molecule has 0 radical (unpaired) electrons. The van der Waals surface area contributed by atoms with Gasteiger partial charge in [0, 0.05) is 20.5 Å². The summed E-state index contributed by atoms with van der Waals surface area (Å²) in [7, 11) is 3.64. The van der Waals surface area contributed by atoms with Gasteiger partial charge in [0.05, 0.1) is 29.0 Å². The summed E-state index contributed by atoms with van der Waals surface area (Å²) in [5, 5.41) is 7.39. The number of aryl methyl sites for hydroxylation is 2. The fourth-order valence-corrected chi connectivity index (χ4v) is 3.59. The Balaban J connectivity index is 1.90. The molecule has 1 fully saturated rings. The summed E-state index contributed by atoms with van der Waals surface area (Å²) in [5.74, 6) is -0.275. The zero-order valence-electron chi connectivity index (χ0n) is 15.1. The first-order valence-corrected chi connectivity index (χ1v) is 8.51. The lowest BCUT2D eigenvalue weighted by Gasteiger charge is -2.38. The summed E-state index contributed by atoms with van der Waals surface area (Å²) in [6.07, 6.45) is 0.940. The third-order valence-electron chi connectivity index (χ3n) is 5.10. The standard InChI is InChI=1S/C19H24N4O2/c1-12-17(13(2)23(4)21-12)20-19(25)15-10-11-16(24)22(3)18(15)14-8-6-5-7-9-14/h5-9,15,18H,10-11H2,1-4H3,(H,20,25)/t15-,18+/m1/s1. The first-order valence-electron chi connectivity index (χ1n) is 8.51. The van der Waals surface area contributed by atoms with E-state index >= 15 is 0 Å². The molecule has 0 spiro atoms. The van der Waals surface area contributed by atoms with Crippen molar-refractivity contribution in [3.05, 3.63) is 47.3 Å². The predicted octanol–water partition coefficient (Wildman–Crippen LogP) is 2.59. The van der Waals surface area contributed by atoms with E-state index in [4.69, 9.17) is 0 Å². The van der Waals surface area contributed by atoms with E-state index in [2.05, 4.69) is 10.4 Å². The molecule has 132 valence electrons. The third-order valence-corrected chi connectivity index (χ3v) is 5.10. The van der Waals surface area contributed by atoms with Crippen LogP contribution in [-0.4, -0.2) is 33.5 Å². The molecule has 3 rings (SSSR count). The maximum Gasteiger partial charge on any atom is 0.230 e. The molecule has 2 heterocycles. The molecule has 0 aliphatic carbocycles. The van der Waals surface area contributed by atoms with Gasteiger partial charge in [0.2, 0.25) is 11.8 Å². The highest BCUT2D eigenvalue weighted by molar-refractivity contribution is 5.95. The van der Waals surface area contributed by atoms with E-state index < -0.39 is 0 Å². The summed E-state index contributed by atoms with van der Waals surface area (Å²) >= 11 is 0. The Hall–Kier alpha value is -2.63. The molecule has 6 heteroatoms. The Morgan fingerprint density at radius 1 is 1.20 bits per heavy atom. The average Bonchev–Trinajstić information content (AvgIpc) is 2.84. The largest absolute Gasteiger partial charge is 0.338 e. The van der Waals surface area contributed by atoms with E-state index in [0.29, 0.717) is 12.8 Å². The minimum Gasteiger partial charge on any atom is -0.338 e.